The van der Waals surface area contributed by atoms with E-state index in [1.165, 1.54) is 0 Å². The normalized spacial score (nSPS) is 11.9. The third kappa shape index (κ3) is 3.54. The van der Waals surface area contributed by atoms with Crippen LogP contribution in [0.2, 0.25) is 0 Å². The summed E-state index contributed by atoms with van der Waals surface area (Å²) in [5, 5.41) is 2.69. The van der Waals surface area contributed by atoms with Crippen LogP contribution in [0.1, 0.15) is 18.3 Å². The van der Waals surface area contributed by atoms with Gasteiger partial charge in [-0.2, -0.15) is 0 Å². The third-order valence-corrected chi connectivity index (χ3v) is 2.45. The Labute approximate surface area is 99.5 Å². The fourth-order valence-electron chi connectivity index (χ4n) is 0.971. The quantitative estimate of drug-likeness (QED) is 0.738. The summed E-state index contributed by atoms with van der Waals surface area (Å²) < 4.78 is 0. The second-order valence-electron chi connectivity index (χ2n) is 3.49. The smallest absolute Gasteiger partial charge is 0.229 e. The number of carbonyl (C=O) groups excluding carboxylic acids is 1. The maximum Gasteiger partial charge on any atom is 0.229 e. The van der Waals surface area contributed by atoms with Gasteiger partial charge in [0.1, 0.15) is 0 Å². The van der Waals surface area contributed by atoms with Crippen molar-refractivity contribution >= 4 is 23.1 Å². The predicted octanol–water partition coefficient (Wildman–Crippen LogP) is 0.323. The molecule has 1 atom stereocenters. The number of carbonyl (C=O) groups is 1. The summed E-state index contributed by atoms with van der Waals surface area (Å²) in [6.45, 7) is 3.85. The highest BCUT2D eigenvalue weighted by Gasteiger charge is 2.14. The first-order valence-electron chi connectivity index (χ1n) is 4.85. The Hall–Kier alpha value is -1.56. The molecule has 1 rings (SSSR count). The van der Waals surface area contributed by atoms with Gasteiger partial charge in [-0.05, 0) is 13.8 Å². The van der Waals surface area contributed by atoms with E-state index in [2.05, 4.69) is 15.3 Å². The molecule has 0 saturated heterocycles. The molecule has 0 aliphatic heterocycles. The van der Waals surface area contributed by atoms with Crippen molar-refractivity contribution in [3.05, 3.63) is 23.8 Å². The van der Waals surface area contributed by atoms with Gasteiger partial charge in [-0.15, -0.1) is 0 Å². The summed E-state index contributed by atoms with van der Waals surface area (Å²) in [5.41, 5.74) is 6.91. The van der Waals surface area contributed by atoms with E-state index in [1.807, 2.05) is 6.92 Å². The van der Waals surface area contributed by atoms with Gasteiger partial charge in [0.15, 0.2) is 0 Å². The molecule has 1 aromatic heterocycles. The lowest BCUT2D eigenvalue weighted by Crippen LogP contribution is -2.35. The number of thiocarbonyl (C=S) groups is 1. The van der Waals surface area contributed by atoms with Crippen molar-refractivity contribution < 1.29 is 4.79 Å². The molecule has 0 aliphatic carbocycles. The number of amides is 1. The summed E-state index contributed by atoms with van der Waals surface area (Å²) in [5.74, 6) is -0.664. The molecule has 0 saturated carbocycles. The largest absolute Gasteiger partial charge is 0.393 e. The van der Waals surface area contributed by atoms with E-state index in [-0.39, 0.29) is 10.9 Å². The van der Waals surface area contributed by atoms with Crippen LogP contribution in [-0.2, 0) is 11.3 Å². The molecule has 0 spiro atoms. The molecule has 1 unspecified atom stereocenters. The predicted molar refractivity (Wildman–Crippen MR) is 64.6 cm³/mol. The van der Waals surface area contributed by atoms with Crippen LogP contribution < -0.4 is 11.1 Å². The summed E-state index contributed by atoms with van der Waals surface area (Å²) in [6, 6.07) is 0. The summed E-state index contributed by atoms with van der Waals surface area (Å²) in [6.07, 6.45) is 3.28. The van der Waals surface area contributed by atoms with Crippen molar-refractivity contribution in [1.82, 2.24) is 15.3 Å². The highest BCUT2D eigenvalue weighted by atomic mass is 32.1. The molecular formula is C10H14N4OS. The van der Waals surface area contributed by atoms with Crippen molar-refractivity contribution in [3.8, 4) is 0 Å². The Kier molecular flexibility index (Phi) is 4.30. The Morgan fingerprint density at radius 3 is 2.75 bits per heavy atom. The van der Waals surface area contributed by atoms with Crippen LogP contribution in [0, 0.1) is 12.8 Å². The molecule has 0 aromatic carbocycles. The van der Waals surface area contributed by atoms with Crippen molar-refractivity contribution in [3.63, 3.8) is 0 Å². The van der Waals surface area contributed by atoms with Gasteiger partial charge in [-0.3, -0.25) is 14.8 Å². The number of hydrogen-bond acceptors (Lipinski definition) is 4. The molecule has 1 aromatic rings. The first-order chi connectivity index (χ1) is 7.50. The molecule has 0 bridgehead atoms. The SMILES string of the molecule is Cc1cnc(CNC(=O)C(C)C(N)=S)cn1. The van der Waals surface area contributed by atoms with Gasteiger partial charge in [-0.1, -0.05) is 12.2 Å². The van der Waals surface area contributed by atoms with E-state index in [1.54, 1.807) is 19.3 Å². The lowest BCUT2D eigenvalue weighted by atomic mass is 10.1. The van der Waals surface area contributed by atoms with Crippen LogP contribution >= 0.6 is 12.2 Å². The van der Waals surface area contributed by atoms with Gasteiger partial charge in [-0.25, -0.2) is 0 Å². The Morgan fingerprint density at radius 1 is 1.56 bits per heavy atom. The molecule has 0 fully saturated rings. The van der Waals surface area contributed by atoms with E-state index in [9.17, 15) is 4.79 Å². The summed E-state index contributed by atoms with van der Waals surface area (Å²) in [4.78, 5) is 19.9. The van der Waals surface area contributed by atoms with Gasteiger partial charge in [0.05, 0.1) is 35.0 Å². The van der Waals surface area contributed by atoms with Crippen molar-refractivity contribution in [2.45, 2.75) is 20.4 Å². The summed E-state index contributed by atoms with van der Waals surface area (Å²) in [7, 11) is 0. The van der Waals surface area contributed by atoms with Gasteiger partial charge in [0, 0.05) is 6.20 Å². The molecular weight excluding hydrogens is 224 g/mol. The van der Waals surface area contributed by atoms with Crippen LogP contribution in [0.15, 0.2) is 12.4 Å². The first-order valence-corrected chi connectivity index (χ1v) is 5.26. The van der Waals surface area contributed by atoms with E-state index < -0.39 is 5.92 Å². The minimum absolute atomic E-state index is 0.187. The van der Waals surface area contributed by atoms with Crippen LogP contribution in [-0.4, -0.2) is 20.9 Å². The van der Waals surface area contributed by atoms with E-state index in [4.69, 9.17) is 18.0 Å². The molecule has 3 N–H and O–H groups in total. The lowest BCUT2D eigenvalue weighted by molar-refractivity contribution is -0.122. The average Bonchev–Trinajstić information content (AvgIpc) is 2.26. The zero-order chi connectivity index (χ0) is 12.1. The Balaban J connectivity index is 2.49. The lowest BCUT2D eigenvalue weighted by Gasteiger charge is -2.09. The fraction of sp³-hybridized carbons (Fsp3) is 0.400. The number of nitrogens with one attached hydrogen (secondary N) is 1. The zero-order valence-electron chi connectivity index (χ0n) is 9.23. The van der Waals surface area contributed by atoms with E-state index in [0.717, 1.165) is 5.69 Å². The highest BCUT2D eigenvalue weighted by Crippen LogP contribution is 1.97. The molecule has 86 valence electrons. The fourth-order valence-corrected chi connectivity index (χ4v) is 1.08. The Morgan fingerprint density at radius 2 is 2.25 bits per heavy atom. The van der Waals surface area contributed by atoms with Gasteiger partial charge in [0.2, 0.25) is 5.91 Å². The zero-order valence-corrected chi connectivity index (χ0v) is 10.0. The van der Waals surface area contributed by atoms with Crippen LogP contribution in [0.4, 0.5) is 0 Å². The topological polar surface area (TPSA) is 80.9 Å². The van der Waals surface area contributed by atoms with Crippen LogP contribution in [0.25, 0.3) is 0 Å². The number of hydrogen-bond donors (Lipinski definition) is 2. The molecule has 1 heterocycles. The van der Waals surface area contributed by atoms with Gasteiger partial charge < -0.3 is 11.1 Å². The minimum atomic E-state index is -0.464. The molecule has 5 nitrogen and oxygen atoms in total. The molecule has 0 radical (unpaired) electrons. The number of rotatable bonds is 4. The highest BCUT2D eigenvalue weighted by molar-refractivity contribution is 7.80. The van der Waals surface area contributed by atoms with E-state index in [0.29, 0.717) is 12.2 Å². The van der Waals surface area contributed by atoms with E-state index >= 15 is 0 Å². The summed E-state index contributed by atoms with van der Waals surface area (Å²) >= 11 is 4.73. The number of aryl methyl sites for hydroxylation is 1. The molecule has 0 aliphatic rings. The maximum atomic E-state index is 11.5. The molecule has 6 heteroatoms. The number of aromatic nitrogens is 2. The van der Waals surface area contributed by atoms with Crippen LogP contribution in [0.3, 0.4) is 0 Å². The Bertz CT molecular complexity index is 390. The van der Waals surface area contributed by atoms with Crippen molar-refractivity contribution in [2.75, 3.05) is 0 Å². The number of nitrogens with zero attached hydrogens (tertiary/aromatic N) is 2. The van der Waals surface area contributed by atoms with Crippen molar-refractivity contribution in [2.24, 2.45) is 11.7 Å². The second kappa shape index (κ2) is 5.50. The first kappa shape index (κ1) is 12.5. The van der Waals surface area contributed by atoms with Gasteiger partial charge in [0.25, 0.3) is 0 Å². The van der Waals surface area contributed by atoms with Crippen molar-refractivity contribution in [1.29, 1.82) is 0 Å². The standard InChI is InChI=1S/C10H14N4OS/c1-6-3-13-8(4-12-6)5-14-10(15)7(2)9(11)16/h3-4,7H,5H2,1-2H3,(H2,11,16)(H,14,15). The maximum absolute atomic E-state index is 11.5. The molecule has 16 heavy (non-hydrogen) atoms. The average molecular weight is 238 g/mol. The minimum Gasteiger partial charge on any atom is -0.393 e. The molecule has 1 amide bonds. The third-order valence-electron chi connectivity index (χ3n) is 2.10. The monoisotopic (exact) mass is 238 g/mol. The number of nitrogens with two attached hydrogens (primary N) is 1. The second-order valence-corrected chi connectivity index (χ2v) is 3.96. The van der Waals surface area contributed by atoms with Gasteiger partial charge >= 0.3 is 0 Å². The van der Waals surface area contributed by atoms with Crippen LogP contribution in [0.5, 0.6) is 0 Å².